The standard InChI is InChI=1S/C14H13N3O2/c18-14(16-9-11-4-2-1-3-5-11)13-8-12(10-17-19)6-7-15-13/h1-8,10,19H,9H2,(H,16,18)/b17-10+. The maximum absolute atomic E-state index is 11.9. The van der Waals surface area contributed by atoms with E-state index in [0.29, 0.717) is 12.1 Å². The van der Waals surface area contributed by atoms with E-state index in [9.17, 15) is 4.79 Å². The molecule has 19 heavy (non-hydrogen) atoms. The third-order valence-electron chi connectivity index (χ3n) is 2.52. The van der Waals surface area contributed by atoms with Gasteiger partial charge in [0.2, 0.25) is 0 Å². The number of hydrogen-bond acceptors (Lipinski definition) is 4. The Morgan fingerprint density at radius 3 is 2.84 bits per heavy atom. The van der Waals surface area contributed by atoms with Gasteiger partial charge in [-0.05, 0) is 23.3 Å². The molecule has 0 bridgehead atoms. The number of benzene rings is 1. The van der Waals surface area contributed by atoms with E-state index < -0.39 is 0 Å². The van der Waals surface area contributed by atoms with Crippen LogP contribution in [0.4, 0.5) is 0 Å². The molecule has 5 nitrogen and oxygen atoms in total. The van der Waals surface area contributed by atoms with Crippen LogP contribution in [0.2, 0.25) is 0 Å². The van der Waals surface area contributed by atoms with Crippen LogP contribution in [0.5, 0.6) is 0 Å². The van der Waals surface area contributed by atoms with Gasteiger partial charge in [0, 0.05) is 12.7 Å². The quantitative estimate of drug-likeness (QED) is 0.497. The van der Waals surface area contributed by atoms with E-state index in [2.05, 4.69) is 15.5 Å². The van der Waals surface area contributed by atoms with Gasteiger partial charge >= 0.3 is 0 Å². The lowest BCUT2D eigenvalue weighted by Gasteiger charge is -2.05. The minimum absolute atomic E-state index is 0.267. The average molecular weight is 255 g/mol. The maximum Gasteiger partial charge on any atom is 0.270 e. The Balaban J connectivity index is 2.02. The SMILES string of the molecule is O=C(NCc1ccccc1)c1cc(/C=N/O)ccn1. The summed E-state index contributed by atoms with van der Waals surface area (Å²) in [5.74, 6) is -0.267. The van der Waals surface area contributed by atoms with Crippen molar-refractivity contribution in [2.45, 2.75) is 6.54 Å². The molecule has 0 unspecified atom stereocenters. The van der Waals surface area contributed by atoms with Crippen LogP contribution in [0.25, 0.3) is 0 Å². The number of nitrogens with zero attached hydrogens (tertiary/aromatic N) is 2. The van der Waals surface area contributed by atoms with Crippen molar-refractivity contribution >= 4 is 12.1 Å². The summed E-state index contributed by atoms with van der Waals surface area (Å²) >= 11 is 0. The van der Waals surface area contributed by atoms with Gasteiger partial charge in [0.15, 0.2) is 0 Å². The van der Waals surface area contributed by atoms with Crippen LogP contribution in [0.1, 0.15) is 21.6 Å². The summed E-state index contributed by atoms with van der Waals surface area (Å²) in [5.41, 5.74) is 1.92. The molecule has 96 valence electrons. The second-order valence-electron chi connectivity index (χ2n) is 3.89. The van der Waals surface area contributed by atoms with E-state index in [1.807, 2.05) is 30.3 Å². The molecule has 2 rings (SSSR count). The van der Waals surface area contributed by atoms with Gasteiger partial charge in [-0.15, -0.1) is 0 Å². The molecular weight excluding hydrogens is 242 g/mol. The average Bonchev–Trinajstić information content (AvgIpc) is 2.46. The van der Waals surface area contributed by atoms with Crippen LogP contribution in [-0.2, 0) is 6.54 Å². The molecule has 0 aliphatic heterocycles. The summed E-state index contributed by atoms with van der Waals surface area (Å²) < 4.78 is 0. The van der Waals surface area contributed by atoms with E-state index in [4.69, 9.17) is 5.21 Å². The molecule has 1 aromatic heterocycles. The molecule has 1 heterocycles. The van der Waals surface area contributed by atoms with Crippen molar-refractivity contribution in [2.24, 2.45) is 5.16 Å². The summed E-state index contributed by atoms with van der Waals surface area (Å²) in [4.78, 5) is 15.9. The molecule has 0 atom stereocenters. The van der Waals surface area contributed by atoms with Gasteiger partial charge in [-0.3, -0.25) is 9.78 Å². The molecule has 5 heteroatoms. The highest BCUT2D eigenvalue weighted by molar-refractivity contribution is 5.94. The third kappa shape index (κ3) is 3.64. The summed E-state index contributed by atoms with van der Waals surface area (Å²) in [6.07, 6.45) is 2.74. The summed E-state index contributed by atoms with van der Waals surface area (Å²) in [6.45, 7) is 0.444. The van der Waals surface area contributed by atoms with Crippen LogP contribution in [0, 0.1) is 0 Å². The number of pyridine rings is 1. The number of nitrogens with one attached hydrogen (secondary N) is 1. The fourth-order valence-corrected chi connectivity index (χ4v) is 1.59. The molecule has 0 radical (unpaired) electrons. The van der Waals surface area contributed by atoms with Crippen LogP contribution >= 0.6 is 0 Å². The first kappa shape index (κ1) is 12.8. The van der Waals surface area contributed by atoms with Gasteiger partial charge in [0.25, 0.3) is 5.91 Å². The Bertz CT molecular complexity index is 582. The number of rotatable bonds is 4. The zero-order chi connectivity index (χ0) is 13.5. The van der Waals surface area contributed by atoms with E-state index in [1.165, 1.54) is 12.4 Å². The Morgan fingerprint density at radius 2 is 2.11 bits per heavy atom. The lowest BCUT2D eigenvalue weighted by atomic mass is 10.2. The Kier molecular flexibility index (Phi) is 4.23. The highest BCUT2D eigenvalue weighted by Crippen LogP contribution is 2.01. The molecule has 0 saturated carbocycles. The van der Waals surface area contributed by atoms with E-state index in [1.54, 1.807) is 12.1 Å². The number of aromatic nitrogens is 1. The van der Waals surface area contributed by atoms with Crippen molar-refractivity contribution in [1.29, 1.82) is 0 Å². The van der Waals surface area contributed by atoms with Crippen LogP contribution in [-0.4, -0.2) is 22.3 Å². The van der Waals surface area contributed by atoms with Gasteiger partial charge in [-0.25, -0.2) is 0 Å². The Morgan fingerprint density at radius 1 is 1.32 bits per heavy atom. The predicted molar refractivity (Wildman–Crippen MR) is 71.2 cm³/mol. The first-order chi connectivity index (χ1) is 9.29. The summed E-state index contributed by atoms with van der Waals surface area (Å²) in [7, 11) is 0. The van der Waals surface area contributed by atoms with Crippen LogP contribution < -0.4 is 5.32 Å². The van der Waals surface area contributed by atoms with Gasteiger partial charge < -0.3 is 10.5 Å². The lowest BCUT2D eigenvalue weighted by molar-refractivity contribution is 0.0946. The molecule has 0 aliphatic carbocycles. The first-order valence-electron chi connectivity index (χ1n) is 5.75. The van der Waals surface area contributed by atoms with E-state index in [0.717, 1.165) is 5.56 Å². The van der Waals surface area contributed by atoms with Crippen molar-refractivity contribution in [3.05, 3.63) is 65.5 Å². The number of carbonyl (C=O) groups excluding carboxylic acids is 1. The zero-order valence-corrected chi connectivity index (χ0v) is 10.2. The first-order valence-corrected chi connectivity index (χ1v) is 5.75. The van der Waals surface area contributed by atoms with E-state index >= 15 is 0 Å². The highest BCUT2D eigenvalue weighted by Gasteiger charge is 2.07. The summed E-state index contributed by atoms with van der Waals surface area (Å²) in [6, 6.07) is 12.8. The van der Waals surface area contributed by atoms with Gasteiger partial charge in [-0.2, -0.15) is 0 Å². The van der Waals surface area contributed by atoms with Crippen LogP contribution in [0.3, 0.4) is 0 Å². The zero-order valence-electron chi connectivity index (χ0n) is 10.2. The van der Waals surface area contributed by atoms with Crippen molar-refractivity contribution in [3.8, 4) is 0 Å². The van der Waals surface area contributed by atoms with Crippen molar-refractivity contribution in [1.82, 2.24) is 10.3 Å². The molecule has 0 fully saturated rings. The van der Waals surface area contributed by atoms with Crippen molar-refractivity contribution < 1.29 is 10.0 Å². The fraction of sp³-hybridized carbons (Fsp3) is 0.0714. The van der Waals surface area contributed by atoms with Crippen LogP contribution in [0.15, 0.2) is 53.8 Å². The molecule has 0 aliphatic rings. The maximum atomic E-state index is 11.9. The van der Waals surface area contributed by atoms with Gasteiger partial charge in [0.1, 0.15) is 5.69 Å². The summed E-state index contributed by atoms with van der Waals surface area (Å²) in [5, 5.41) is 14.1. The molecule has 0 spiro atoms. The second-order valence-corrected chi connectivity index (χ2v) is 3.89. The van der Waals surface area contributed by atoms with Gasteiger partial charge in [0.05, 0.1) is 6.21 Å². The predicted octanol–water partition coefficient (Wildman–Crippen LogP) is 1.82. The number of oxime groups is 1. The minimum atomic E-state index is -0.267. The smallest absolute Gasteiger partial charge is 0.270 e. The number of carbonyl (C=O) groups is 1. The van der Waals surface area contributed by atoms with Crippen molar-refractivity contribution in [3.63, 3.8) is 0 Å². The number of hydrogen-bond donors (Lipinski definition) is 2. The van der Waals surface area contributed by atoms with Gasteiger partial charge in [-0.1, -0.05) is 35.5 Å². The monoisotopic (exact) mass is 255 g/mol. The second kappa shape index (κ2) is 6.30. The Labute approximate surface area is 110 Å². The molecule has 2 aromatic rings. The largest absolute Gasteiger partial charge is 0.411 e. The topological polar surface area (TPSA) is 74.6 Å². The molecule has 1 amide bonds. The van der Waals surface area contributed by atoms with E-state index in [-0.39, 0.29) is 11.6 Å². The minimum Gasteiger partial charge on any atom is -0.411 e. The fourth-order valence-electron chi connectivity index (χ4n) is 1.59. The highest BCUT2D eigenvalue weighted by atomic mass is 16.4. The number of amides is 1. The molecule has 2 N–H and O–H groups in total. The van der Waals surface area contributed by atoms with Crippen molar-refractivity contribution in [2.75, 3.05) is 0 Å². The normalized spacial score (nSPS) is 10.5. The lowest BCUT2D eigenvalue weighted by Crippen LogP contribution is -2.23. The Hall–Kier alpha value is -2.69. The third-order valence-corrected chi connectivity index (χ3v) is 2.52. The molecular formula is C14H13N3O2. The molecule has 1 aromatic carbocycles. The molecule has 0 saturated heterocycles.